The highest BCUT2D eigenvalue weighted by atomic mass is 16.4. The lowest BCUT2D eigenvalue weighted by Gasteiger charge is -2.16. The van der Waals surface area contributed by atoms with Crippen LogP contribution in [0.4, 0.5) is 0 Å². The van der Waals surface area contributed by atoms with E-state index in [1.54, 1.807) is 7.05 Å². The molecular weight excluding hydrogens is 242 g/mol. The minimum Gasteiger partial charge on any atom is -0.476 e. The van der Waals surface area contributed by atoms with Gasteiger partial charge in [0.15, 0.2) is 5.69 Å². The summed E-state index contributed by atoms with van der Waals surface area (Å²) >= 11 is 0. The van der Waals surface area contributed by atoms with Crippen LogP contribution in [0.25, 0.3) is 11.3 Å². The third-order valence-electron chi connectivity index (χ3n) is 3.54. The lowest BCUT2D eigenvalue weighted by molar-refractivity contribution is 0.0690. The average Bonchev–Trinajstić information content (AvgIpc) is 2.80. The van der Waals surface area contributed by atoms with Crippen LogP contribution in [0.5, 0.6) is 0 Å². The van der Waals surface area contributed by atoms with Crippen LogP contribution in [-0.2, 0) is 19.9 Å². The van der Waals surface area contributed by atoms with Gasteiger partial charge in [0.05, 0.1) is 0 Å². The van der Waals surface area contributed by atoms with Crippen molar-refractivity contribution >= 4 is 5.97 Å². The van der Waals surface area contributed by atoms with Gasteiger partial charge in [-0.3, -0.25) is 0 Å². The molecule has 0 fully saturated rings. The first kappa shape index (κ1) is 11.9. The molecule has 5 heteroatoms. The molecule has 1 heterocycles. The van der Waals surface area contributed by atoms with Crippen molar-refractivity contribution in [1.82, 2.24) is 15.0 Å². The molecular formula is C14H15N3O2. The van der Waals surface area contributed by atoms with Gasteiger partial charge >= 0.3 is 5.97 Å². The molecule has 0 amide bonds. The maximum atomic E-state index is 11.2. The van der Waals surface area contributed by atoms with Gasteiger partial charge in [0.1, 0.15) is 5.69 Å². The molecule has 0 saturated carbocycles. The summed E-state index contributed by atoms with van der Waals surface area (Å²) in [5, 5.41) is 17.2. The van der Waals surface area contributed by atoms with E-state index in [0.717, 1.165) is 18.4 Å². The molecule has 1 N–H and O–H groups in total. The largest absolute Gasteiger partial charge is 0.476 e. The first-order valence-electron chi connectivity index (χ1n) is 6.42. The number of fused-ring (bicyclic) bond motifs is 1. The van der Waals surface area contributed by atoms with Crippen molar-refractivity contribution in [3.05, 3.63) is 35.0 Å². The van der Waals surface area contributed by atoms with Gasteiger partial charge in [0.2, 0.25) is 0 Å². The Labute approximate surface area is 110 Å². The van der Waals surface area contributed by atoms with Gasteiger partial charge in [-0.1, -0.05) is 12.1 Å². The predicted molar refractivity (Wildman–Crippen MR) is 70.0 cm³/mol. The Balaban J connectivity index is 2.09. The summed E-state index contributed by atoms with van der Waals surface area (Å²) in [5.41, 5.74) is 3.98. The van der Waals surface area contributed by atoms with Gasteiger partial charge in [-0.15, -0.1) is 5.10 Å². The fourth-order valence-corrected chi connectivity index (χ4v) is 2.63. The Bertz CT molecular complexity index is 646. The third-order valence-corrected chi connectivity index (χ3v) is 3.54. The molecule has 0 atom stereocenters. The number of rotatable bonds is 2. The number of aromatic nitrogens is 3. The van der Waals surface area contributed by atoms with E-state index < -0.39 is 5.97 Å². The zero-order chi connectivity index (χ0) is 13.4. The highest BCUT2D eigenvalue weighted by molar-refractivity contribution is 5.92. The van der Waals surface area contributed by atoms with E-state index in [1.165, 1.54) is 28.8 Å². The van der Waals surface area contributed by atoms with Crippen molar-refractivity contribution in [2.24, 2.45) is 7.05 Å². The fourth-order valence-electron chi connectivity index (χ4n) is 2.63. The molecule has 0 saturated heterocycles. The monoisotopic (exact) mass is 257 g/mol. The summed E-state index contributed by atoms with van der Waals surface area (Å²) in [7, 11) is 1.63. The van der Waals surface area contributed by atoms with Crippen molar-refractivity contribution in [2.75, 3.05) is 0 Å². The van der Waals surface area contributed by atoms with E-state index in [4.69, 9.17) is 5.11 Å². The van der Waals surface area contributed by atoms with E-state index in [-0.39, 0.29) is 5.69 Å². The molecule has 1 aromatic carbocycles. The number of aryl methyl sites for hydroxylation is 3. The van der Waals surface area contributed by atoms with Crippen molar-refractivity contribution < 1.29 is 9.90 Å². The normalized spacial score (nSPS) is 14.2. The summed E-state index contributed by atoms with van der Waals surface area (Å²) in [6.45, 7) is 0. The van der Waals surface area contributed by atoms with Crippen LogP contribution >= 0.6 is 0 Å². The molecule has 2 aromatic rings. The highest BCUT2D eigenvalue weighted by Crippen LogP contribution is 2.27. The molecule has 0 unspecified atom stereocenters. The van der Waals surface area contributed by atoms with Gasteiger partial charge in [-0.25, -0.2) is 4.79 Å². The molecule has 98 valence electrons. The van der Waals surface area contributed by atoms with Gasteiger partial charge in [0.25, 0.3) is 0 Å². The second kappa shape index (κ2) is 4.50. The molecule has 1 aromatic heterocycles. The van der Waals surface area contributed by atoms with Crippen molar-refractivity contribution in [2.45, 2.75) is 25.7 Å². The second-order valence-electron chi connectivity index (χ2n) is 4.88. The van der Waals surface area contributed by atoms with E-state index in [1.807, 2.05) is 6.07 Å². The lowest BCUT2D eigenvalue weighted by atomic mass is 9.90. The molecule has 1 aliphatic rings. The summed E-state index contributed by atoms with van der Waals surface area (Å²) in [6, 6.07) is 6.09. The average molecular weight is 257 g/mol. The molecule has 0 radical (unpaired) electrons. The summed E-state index contributed by atoms with van der Waals surface area (Å²) in [4.78, 5) is 12.5. The molecule has 1 aliphatic carbocycles. The number of hydrogen-bond acceptors (Lipinski definition) is 3. The predicted octanol–water partition coefficient (Wildman–Crippen LogP) is 2.06. The van der Waals surface area contributed by atoms with Gasteiger partial charge < -0.3 is 5.11 Å². The number of carboxylic acids is 1. The first-order chi connectivity index (χ1) is 9.15. The van der Waals surface area contributed by atoms with E-state index >= 15 is 0 Å². The summed E-state index contributed by atoms with van der Waals surface area (Å²) in [5.74, 6) is -1.04. The topological polar surface area (TPSA) is 68.0 Å². The van der Waals surface area contributed by atoms with Crippen LogP contribution in [0.15, 0.2) is 18.2 Å². The van der Waals surface area contributed by atoms with Crippen LogP contribution in [0, 0.1) is 0 Å². The maximum absolute atomic E-state index is 11.2. The standard InChI is InChI=1S/C14H15N3O2/c1-17-15-12(13(16-17)14(18)19)11-7-6-9-4-2-3-5-10(9)8-11/h6-8H,2-5H2,1H3,(H,18,19). The zero-order valence-electron chi connectivity index (χ0n) is 10.8. The Morgan fingerprint density at radius 3 is 2.68 bits per heavy atom. The van der Waals surface area contributed by atoms with Crippen LogP contribution in [0.1, 0.15) is 34.5 Å². The number of carbonyl (C=O) groups is 1. The summed E-state index contributed by atoms with van der Waals surface area (Å²) < 4.78 is 0. The Morgan fingerprint density at radius 1 is 1.21 bits per heavy atom. The third kappa shape index (κ3) is 2.12. The molecule has 0 bridgehead atoms. The van der Waals surface area contributed by atoms with Gasteiger partial charge in [-0.05, 0) is 42.9 Å². The van der Waals surface area contributed by atoms with E-state index in [9.17, 15) is 4.79 Å². The van der Waals surface area contributed by atoms with Gasteiger partial charge in [0, 0.05) is 12.6 Å². The Hall–Kier alpha value is -2.17. The maximum Gasteiger partial charge on any atom is 0.358 e. The van der Waals surface area contributed by atoms with Crippen LogP contribution in [0.2, 0.25) is 0 Å². The summed E-state index contributed by atoms with van der Waals surface area (Å²) in [6.07, 6.45) is 4.61. The number of hydrogen-bond donors (Lipinski definition) is 1. The number of aromatic carboxylic acids is 1. The number of benzene rings is 1. The highest BCUT2D eigenvalue weighted by Gasteiger charge is 2.19. The Morgan fingerprint density at radius 2 is 1.95 bits per heavy atom. The molecule has 5 nitrogen and oxygen atoms in total. The smallest absolute Gasteiger partial charge is 0.358 e. The quantitative estimate of drug-likeness (QED) is 0.894. The molecule has 3 rings (SSSR count). The minimum atomic E-state index is -1.04. The lowest BCUT2D eigenvalue weighted by Crippen LogP contribution is -2.03. The zero-order valence-corrected chi connectivity index (χ0v) is 10.8. The first-order valence-corrected chi connectivity index (χ1v) is 6.42. The van der Waals surface area contributed by atoms with E-state index in [0.29, 0.717) is 5.69 Å². The Kier molecular flexibility index (Phi) is 2.81. The van der Waals surface area contributed by atoms with E-state index in [2.05, 4.69) is 22.3 Å². The molecule has 0 spiro atoms. The van der Waals surface area contributed by atoms with Crippen molar-refractivity contribution in [3.63, 3.8) is 0 Å². The van der Waals surface area contributed by atoms with Gasteiger partial charge in [-0.2, -0.15) is 9.90 Å². The minimum absolute atomic E-state index is 0.0123. The van der Waals surface area contributed by atoms with Crippen molar-refractivity contribution in [1.29, 1.82) is 0 Å². The van der Waals surface area contributed by atoms with Crippen molar-refractivity contribution in [3.8, 4) is 11.3 Å². The van der Waals surface area contributed by atoms with Crippen LogP contribution in [0.3, 0.4) is 0 Å². The fraction of sp³-hybridized carbons (Fsp3) is 0.357. The van der Waals surface area contributed by atoms with Crippen LogP contribution in [-0.4, -0.2) is 26.1 Å². The number of carboxylic acid groups (broad SMARTS) is 1. The second-order valence-corrected chi connectivity index (χ2v) is 4.88. The molecule has 19 heavy (non-hydrogen) atoms. The van der Waals surface area contributed by atoms with Crippen LogP contribution < -0.4 is 0 Å². The molecule has 0 aliphatic heterocycles. The SMILES string of the molecule is Cn1nc(C(=O)O)c(-c2ccc3c(c2)CCCC3)n1. The number of nitrogens with zero attached hydrogens (tertiary/aromatic N) is 3.